The molecular formula is C24H34O2. The quantitative estimate of drug-likeness (QED) is 0.596. The average Bonchev–Trinajstić information content (AvgIpc) is 2.44. The van der Waals surface area contributed by atoms with Crippen LogP contribution in [-0.2, 0) is 0 Å². The molecule has 0 heterocycles. The van der Waals surface area contributed by atoms with Crippen LogP contribution in [0.5, 0.6) is 0 Å². The molecule has 0 saturated heterocycles. The van der Waals surface area contributed by atoms with Crippen LogP contribution in [0, 0.1) is 21.7 Å². The van der Waals surface area contributed by atoms with Gasteiger partial charge in [-0.2, -0.15) is 0 Å². The van der Waals surface area contributed by atoms with Crippen LogP contribution in [0.4, 0.5) is 0 Å². The average molecular weight is 355 g/mol. The zero-order valence-corrected chi connectivity index (χ0v) is 17.5. The summed E-state index contributed by atoms with van der Waals surface area (Å²) in [5.74, 6) is 0.534. The maximum Gasteiger partial charge on any atom is 0.111 e. The molecule has 0 atom stereocenters. The van der Waals surface area contributed by atoms with Crippen LogP contribution >= 0.6 is 0 Å². The topological polar surface area (TPSA) is 40.5 Å². The molecule has 0 fully saturated rings. The van der Waals surface area contributed by atoms with Crippen molar-refractivity contribution < 1.29 is 10.2 Å². The number of rotatable bonds is 2. The van der Waals surface area contributed by atoms with Crippen molar-refractivity contribution in [2.24, 2.45) is 21.7 Å². The van der Waals surface area contributed by atoms with Crippen molar-refractivity contribution in [2.45, 2.75) is 55.4 Å². The van der Waals surface area contributed by atoms with Gasteiger partial charge in [-0.25, -0.2) is 0 Å². The van der Waals surface area contributed by atoms with E-state index in [9.17, 15) is 10.2 Å². The van der Waals surface area contributed by atoms with Gasteiger partial charge in [-0.3, -0.25) is 0 Å². The third-order valence-electron chi connectivity index (χ3n) is 5.68. The standard InChI is InChI=1S/C24H34O2/c1-21(2,3)24(22(4,5)6)19(25)16-23(7,8)18(20(24)26)15-14-17-12-10-9-11-13-17/h9-16,25-26H,1-8H3. The van der Waals surface area contributed by atoms with Gasteiger partial charge in [0.1, 0.15) is 11.5 Å². The Morgan fingerprint density at radius 1 is 0.808 bits per heavy atom. The van der Waals surface area contributed by atoms with Gasteiger partial charge in [0.15, 0.2) is 0 Å². The highest BCUT2D eigenvalue weighted by molar-refractivity contribution is 5.57. The maximum atomic E-state index is 11.6. The van der Waals surface area contributed by atoms with Crippen LogP contribution in [0.25, 0.3) is 6.08 Å². The molecule has 1 aliphatic carbocycles. The van der Waals surface area contributed by atoms with Gasteiger partial charge in [-0.15, -0.1) is 0 Å². The van der Waals surface area contributed by atoms with Crippen LogP contribution in [0.15, 0.2) is 59.6 Å². The Labute approximate surface area is 159 Å². The van der Waals surface area contributed by atoms with E-state index in [4.69, 9.17) is 0 Å². The van der Waals surface area contributed by atoms with E-state index < -0.39 is 10.8 Å². The fourth-order valence-corrected chi connectivity index (χ4v) is 4.80. The van der Waals surface area contributed by atoms with Crippen molar-refractivity contribution in [1.82, 2.24) is 0 Å². The number of aliphatic hydroxyl groups excluding tert-OH is 2. The molecule has 0 radical (unpaired) electrons. The normalized spacial score (nSPS) is 20.4. The highest BCUT2D eigenvalue weighted by Crippen LogP contribution is 2.63. The Kier molecular flexibility index (Phi) is 4.96. The van der Waals surface area contributed by atoms with Gasteiger partial charge in [-0.05, 0) is 22.5 Å². The Bertz CT molecular complexity index is 734. The molecular weight excluding hydrogens is 320 g/mol. The maximum absolute atomic E-state index is 11.6. The minimum absolute atomic E-state index is 0.261. The van der Waals surface area contributed by atoms with E-state index in [1.807, 2.05) is 62.4 Å². The molecule has 2 N–H and O–H groups in total. The summed E-state index contributed by atoms with van der Waals surface area (Å²) >= 11 is 0. The lowest BCUT2D eigenvalue weighted by Crippen LogP contribution is -2.52. The number of hydrogen-bond acceptors (Lipinski definition) is 2. The monoisotopic (exact) mass is 354 g/mol. The number of hydrogen-bond donors (Lipinski definition) is 2. The van der Waals surface area contributed by atoms with Crippen LogP contribution in [0.2, 0.25) is 0 Å². The summed E-state index contributed by atoms with van der Waals surface area (Å²) in [6.45, 7) is 16.5. The summed E-state index contributed by atoms with van der Waals surface area (Å²) in [4.78, 5) is 0. The third-order valence-corrected chi connectivity index (χ3v) is 5.68. The lowest BCUT2D eigenvalue weighted by Gasteiger charge is -2.55. The molecule has 0 unspecified atom stereocenters. The molecule has 0 aromatic heterocycles. The van der Waals surface area contributed by atoms with Gasteiger partial charge in [0.25, 0.3) is 0 Å². The summed E-state index contributed by atoms with van der Waals surface area (Å²) in [5.41, 5.74) is -0.106. The predicted molar refractivity (Wildman–Crippen MR) is 111 cm³/mol. The summed E-state index contributed by atoms with van der Waals surface area (Å²) in [5, 5.41) is 22.7. The summed E-state index contributed by atoms with van der Waals surface area (Å²) in [6, 6.07) is 10.1. The second kappa shape index (κ2) is 6.33. The number of benzene rings is 1. The molecule has 1 aliphatic rings. The van der Waals surface area contributed by atoms with Crippen molar-refractivity contribution in [3.05, 3.63) is 65.1 Å². The molecule has 0 amide bonds. The largest absolute Gasteiger partial charge is 0.512 e. The predicted octanol–water partition coefficient (Wildman–Crippen LogP) is 7.07. The Morgan fingerprint density at radius 2 is 1.31 bits per heavy atom. The van der Waals surface area contributed by atoms with Gasteiger partial charge in [-0.1, -0.05) is 97.9 Å². The summed E-state index contributed by atoms with van der Waals surface area (Å²) < 4.78 is 0. The first kappa shape index (κ1) is 20.4. The van der Waals surface area contributed by atoms with Crippen LogP contribution in [0.1, 0.15) is 61.0 Å². The third kappa shape index (κ3) is 3.11. The molecule has 1 aromatic rings. The van der Waals surface area contributed by atoms with Crippen LogP contribution in [0.3, 0.4) is 0 Å². The fraction of sp³-hybridized carbons (Fsp3) is 0.500. The lowest BCUT2D eigenvalue weighted by molar-refractivity contribution is -0.0367. The van der Waals surface area contributed by atoms with Gasteiger partial charge in [0.2, 0.25) is 0 Å². The SMILES string of the molecule is CC1(C)C=C(O)C(C(C)(C)C)(C(C)(C)C)C(O)=C1C=Cc1ccccc1. The van der Waals surface area contributed by atoms with Gasteiger partial charge in [0, 0.05) is 11.0 Å². The molecule has 142 valence electrons. The van der Waals surface area contributed by atoms with Crippen LogP contribution < -0.4 is 0 Å². The smallest absolute Gasteiger partial charge is 0.111 e. The molecule has 0 bridgehead atoms. The molecule has 1 aromatic carbocycles. The van der Waals surface area contributed by atoms with Gasteiger partial charge >= 0.3 is 0 Å². The summed E-state index contributed by atoms with van der Waals surface area (Å²) in [7, 11) is 0. The van der Waals surface area contributed by atoms with E-state index in [0.717, 1.165) is 11.1 Å². The second-order valence-electron chi connectivity index (χ2n) is 10.0. The van der Waals surface area contributed by atoms with E-state index in [1.54, 1.807) is 0 Å². The number of allylic oxidation sites excluding steroid dienone is 3. The summed E-state index contributed by atoms with van der Waals surface area (Å²) in [6.07, 6.45) is 5.94. The number of aliphatic hydroxyl groups is 2. The van der Waals surface area contributed by atoms with E-state index in [1.165, 1.54) is 0 Å². The first-order chi connectivity index (χ1) is 11.7. The second-order valence-corrected chi connectivity index (χ2v) is 10.0. The minimum atomic E-state index is -0.855. The lowest BCUT2D eigenvalue weighted by atomic mass is 9.49. The highest BCUT2D eigenvalue weighted by atomic mass is 16.3. The van der Waals surface area contributed by atoms with Gasteiger partial charge in [0.05, 0.1) is 5.41 Å². The van der Waals surface area contributed by atoms with E-state index in [2.05, 4.69) is 41.5 Å². The zero-order chi connectivity index (χ0) is 20.0. The molecule has 2 nitrogen and oxygen atoms in total. The van der Waals surface area contributed by atoms with E-state index >= 15 is 0 Å². The van der Waals surface area contributed by atoms with E-state index in [-0.39, 0.29) is 22.3 Å². The van der Waals surface area contributed by atoms with Crippen LogP contribution in [-0.4, -0.2) is 10.2 Å². The Balaban J connectivity index is 2.75. The van der Waals surface area contributed by atoms with Crippen molar-refractivity contribution in [1.29, 1.82) is 0 Å². The van der Waals surface area contributed by atoms with Gasteiger partial charge < -0.3 is 10.2 Å². The molecule has 0 saturated carbocycles. The van der Waals surface area contributed by atoms with Crippen molar-refractivity contribution >= 4 is 6.08 Å². The molecule has 26 heavy (non-hydrogen) atoms. The molecule has 2 heteroatoms. The first-order valence-corrected chi connectivity index (χ1v) is 9.35. The van der Waals surface area contributed by atoms with Crippen molar-refractivity contribution in [2.75, 3.05) is 0 Å². The highest BCUT2D eigenvalue weighted by Gasteiger charge is 2.60. The molecule has 2 rings (SSSR count). The Morgan fingerprint density at radius 3 is 1.77 bits per heavy atom. The van der Waals surface area contributed by atoms with Crippen molar-refractivity contribution in [3.8, 4) is 0 Å². The molecule has 0 aliphatic heterocycles. The molecule has 0 spiro atoms. The van der Waals surface area contributed by atoms with Crippen molar-refractivity contribution in [3.63, 3.8) is 0 Å². The van der Waals surface area contributed by atoms with E-state index in [0.29, 0.717) is 0 Å². The fourth-order valence-electron chi connectivity index (χ4n) is 4.80. The minimum Gasteiger partial charge on any atom is -0.512 e. The first-order valence-electron chi connectivity index (χ1n) is 9.35. The Hall–Kier alpha value is -1.96. The zero-order valence-electron chi connectivity index (χ0n) is 17.5.